The van der Waals surface area contributed by atoms with Gasteiger partial charge in [0.1, 0.15) is 0 Å². The molecule has 0 rings (SSSR count). The Bertz CT molecular complexity index is 141. The molecule has 0 saturated heterocycles. The molecule has 0 aromatic carbocycles. The van der Waals surface area contributed by atoms with Gasteiger partial charge < -0.3 is 10.2 Å². The molecule has 0 aliphatic rings. The molecule has 0 aromatic heterocycles. The lowest BCUT2D eigenvalue weighted by Gasteiger charge is -2.31. The minimum atomic E-state index is 0.680. The number of rotatable bonds is 8. The van der Waals surface area contributed by atoms with E-state index in [9.17, 15) is 0 Å². The SMILES string of the molecule is CCN(CC)C(C)C(C)CNCC(C)C. The molecular formula is C13H30N2. The predicted octanol–water partition coefficient (Wildman–Crippen LogP) is 2.60. The minimum Gasteiger partial charge on any atom is -0.316 e. The molecule has 2 unspecified atom stereocenters. The van der Waals surface area contributed by atoms with Crippen molar-refractivity contribution in [2.45, 2.75) is 47.6 Å². The molecule has 0 radical (unpaired) electrons. The highest BCUT2D eigenvalue weighted by atomic mass is 15.1. The fourth-order valence-electron chi connectivity index (χ4n) is 1.93. The highest BCUT2D eigenvalue weighted by Gasteiger charge is 2.16. The topological polar surface area (TPSA) is 15.3 Å². The van der Waals surface area contributed by atoms with E-state index in [0.717, 1.165) is 38.0 Å². The summed E-state index contributed by atoms with van der Waals surface area (Å²) in [6.45, 7) is 18.3. The normalized spacial score (nSPS) is 16.0. The standard InChI is InChI=1S/C13H30N2/c1-7-15(8-2)13(6)12(5)10-14-9-11(3)4/h11-14H,7-10H2,1-6H3. The molecule has 0 bridgehead atoms. The van der Waals surface area contributed by atoms with Crippen LogP contribution in [0, 0.1) is 11.8 Å². The zero-order valence-corrected chi connectivity index (χ0v) is 11.5. The first-order valence-corrected chi connectivity index (χ1v) is 6.47. The van der Waals surface area contributed by atoms with E-state index >= 15 is 0 Å². The van der Waals surface area contributed by atoms with Gasteiger partial charge in [-0.25, -0.2) is 0 Å². The van der Waals surface area contributed by atoms with Crippen LogP contribution in [0.3, 0.4) is 0 Å². The summed E-state index contributed by atoms with van der Waals surface area (Å²) in [5.41, 5.74) is 0. The molecule has 0 aliphatic heterocycles. The van der Waals surface area contributed by atoms with Gasteiger partial charge in [-0.3, -0.25) is 0 Å². The van der Waals surface area contributed by atoms with Crippen LogP contribution in [-0.2, 0) is 0 Å². The Labute approximate surface area is 96.4 Å². The van der Waals surface area contributed by atoms with Crippen LogP contribution in [0.15, 0.2) is 0 Å². The van der Waals surface area contributed by atoms with Crippen LogP contribution in [0.4, 0.5) is 0 Å². The van der Waals surface area contributed by atoms with Crippen LogP contribution in [0.1, 0.15) is 41.5 Å². The van der Waals surface area contributed by atoms with E-state index in [4.69, 9.17) is 0 Å². The number of nitrogens with one attached hydrogen (secondary N) is 1. The van der Waals surface area contributed by atoms with Crippen molar-refractivity contribution >= 4 is 0 Å². The number of nitrogens with zero attached hydrogens (tertiary/aromatic N) is 1. The fourth-order valence-corrected chi connectivity index (χ4v) is 1.93. The second kappa shape index (κ2) is 8.12. The third-order valence-corrected chi connectivity index (χ3v) is 3.23. The summed E-state index contributed by atoms with van der Waals surface area (Å²) in [5.74, 6) is 1.48. The van der Waals surface area contributed by atoms with E-state index in [1.807, 2.05) is 0 Å². The minimum absolute atomic E-state index is 0.680. The van der Waals surface area contributed by atoms with Crippen molar-refractivity contribution in [1.82, 2.24) is 10.2 Å². The smallest absolute Gasteiger partial charge is 0.0104 e. The first-order chi connectivity index (χ1) is 7.02. The van der Waals surface area contributed by atoms with Crippen LogP contribution < -0.4 is 5.32 Å². The van der Waals surface area contributed by atoms with Crippen molar-refractivity contribution in [2.75, 3.05) is 26.2 Å². The summed E-state index contributed by atoms with van der Waals surface area (Å²) in [4.78, 5) is 2.53. The van der Waals surface area contributed by atoms with Crippen molar-refractivity contribution in [3.05, 3.63) is 0 Å². The second-order valence-electron chi connectivity index (χ2n) is 4.99. The van der Waals surface area contributed by atoms with Crippen molar-refractivity contribution in [1.29, 1.82) is 0 Å². The largest absolute Gasteiger partial charge is 0.316 e. The van der Waals surface area contributed by atoms with E-state index in [0.29, 0.717) is 6.04 Å². The van der Waals surface area contributed by atoms with Gasteiger partial charge in [0.15, 0.2) is 0 Å². The molecule has 2 heteroatoms. The Hall–Kier alpha value is -0.0800. The van der Waals surface area contributed by atoms with Crippen LogP contribution >= 0.6 is 0 Å². The molecule has 0 aliphatic carbocycles. The van der Waals surface area contributed by atoms with E-state index < -0.39 is 0 Å². The summed E-state index contributed by atoms with van der Waals surface area (Å²) < 4.78 is 0. The first kappa shape index (κ1) is 14.9. The third kappa shape index (κ3) is 6.16. The van der Waals surface area contributed by atoms with Gasteiger partial charge in [0.25, 0.3) is 0 Å². The van der Waals surface area contributed by atoms with Gasteiger partial charge >= 0.3 is 0 Å². The highest BCUT2D eigenvalue weighted by molar-refractivity contribution is 4.73. The van der Waals surface area contributed by atoms with Crippen molar-refractivity contribution in [3.8, 4) is 0 Å². The molecule has 92 valence electrons. The van der Waals surface area contributed by atoms with Crippen LogP contribution in [0.5, 0.6) is 0 Å². The lowest BCUT2D eigenvalue weighted by Crippen LogP contribution is -2.41. The summed E-state index contributed by atoms with van der Waals surface area (Å²) in [6, 6.07) is 0.680. The molecule has 0 amide bonds. The maximum Gasteiger partial charge on any atom is 0.0104 e. The van der Waals surface area contributed by atoms with Gasteiger partial charge in [0, 0.05) is 6.04 Å². The zero-order chi connectivity index (χ0) is 11.8. The monoisotopic (exact) mass is 214 g/mol. The molecule has 0 saturated carbocycles. The van der Waals surface area contributed by atoms with Crippen molar-refractivity contribution < 1.29 is 0 Å². The third-order valence-electron chi connectivity index (χ3n) is 3.23. The van der Waals surface area contributed by atoms with Crippen LogP contribution in [0.2, 0.25) is 0 Å². The first-order valence-electron chi connectivity index (χ1n) is 6.47. The van der Waals surface area contributed by atoms with Gasteiger partial charge in [-0.1, -0.05) is 34.6 Å². The van der Waals surface area contributed by atoms with Crippen molar-refractivity contribution in [3.63, 3.8) is 0 Å². The van der Waals surface area contributed by atoms with Gasteiger partial charge in [0.2, 0.25) is 0 Å². The van der Waals surface area contributed by atoms with E-state index in [2.05, 4.69) is 51.8 Å². The van der Waals surface area contributed by atoms with Gasteiger partial charge in [-0.2, -0.15) is 0 Å². The maximum atomic E-state index is 3.54. The van der Waals surface area contributed by atoms with E-state index in [1.54, 1.807) is 0 Å². The lowest BCUT2D eigenvalue weighted by atomic mass is 10.0. The average molecular weight is 214 g/mol. The lowest BCUT2D eigenvalue weighted by molar-refractivity contribution is 0.175. The van der Waals surface area contributed by atoms with Gasteiger partial charge in [0.05, 0.1) is 0 Å². The van der Waals surface area contributed by atoms with Gasteiger partial charge in [-0.15, -0.1) is 0 Å². The fraction of sp³-hybridized carbons (Fsp3) is 1.00. The second-order valence-corrected chi connectivity index (χ2v) is 4.99. The predicted molar refractivity (Wildman–Crippen MR) is 69.3 cm³/mol. The summed E-state index contributed by atoms with van der Waals surface area (Å²) >= 11 is 0. The Morgan fingerprint density at radius 1 is 0.933 bits per heavy atom. The molecule has 0 fully saturated rings. The number of hydrogen-bond donors (Lipinski definition) is 1. The Balaban J connectivity index is 3.81. The molecule has 0 aromatic rings. The van der Waals surface area contributed by atoms with E-state index in [-0.39, 0.29) is 0 Å². The Morgan fingerprint density at radius 3 is 1.87 bits per heavy atom. The zero-order valence-electron chi connectivity index (χ0n) is 11.5. The molecule has 15 heavy (non-hydrogen) atoms. The molecule has 0 heterocycles. The van der Waals surface area contributed by atoms with E-state index in [1.165, 1.54) is 0 Å². The Morgan fingerprint density at radius 2 is 1.47 bits per heavy atom. The maximum absolute atomic E-state index is 3.54. The van der Waals surface area contributed by atoms with Crippen LogP contribution in [0.25, 0.3) is 0 Å². The summed E-state index contributed by atoms with van der Waals surface area (Å²) in [5, 5.41) is 3.54. The molecule has 2 atom stereocenters. The molecule has 2 nitrogen and oxygen atoms in total. The number of hydrogen-bond acceptors (Lipinski definition) is 2. The molecule has 0 spiro atoms. The van der Waals surface area contributed by atoms with Crippen molar-refractivity contribution in [2.24, 2.45) is 11.8 Å². The molecular weight excluding hydrogens is 184 g/mol. The average Bonchev–Trinajstić information content (AvgIpc) is 2.18. The summed E-state index contributed by atoms with van der Waals surface area (Å²) in [7, 11) is 0. The van der Waals surface area contributed by atoms with Gasteiger partial charge in [-0.05, 0) is 44.9 Å². The quantitative estimate of drug-likeness (QED) is 0.668. The van der Waals surface area contributed by atoms with Crippen LogP contribution in [-0.4, -0.2) is 37.1 Å². The summed E-state index contributed by atoms with van der Waals surface area (Å²) in [6.07, 6.45) is 0. The molecule has 1 N–H and O–H groups in total. The Kier molecular flexibility index (Phi) is 8.07. The highest BCUT2D eigenvalue weighted by Crippen LogP contribution is 2.09.